The molecule has 1 aliphatic carbocycles. The average Bonchev–Trinajstić information content (AvgIpc) is 2.50. The van der Waals surface area contributed by atoms with Crippen molar-refractivity contribution in [3.63, 3.8) is 0 Å². The van der Waals surface area contributed by atoms with Crippen molar-refractivity contribution < 1.29 is 9.53 Å². The molecule has 116 valence electrons. The van der Waals surface area contributed by atoms with Crippen molar-refractivity contribution >= 4 is 17.3 Å². The summed E-state index contributed by atoms with van der Waals surface area (Å²) in [7, 11) is 3.47. The molecule has 21 heavy (non-hydrogen) atoms. The van der Waals surface area contributed by atoms with Crippen molar-refractivity contribution in [2.45, 2.75) is 39.0 Å². The fourth-order valence-electron chi connectivity index (χ4n) is 3.14. The summed E-state index contributed by atoms with van der Waals surface area (Å²) in [6, 6.07) is 3.89. The van der Waals surface area contributed by atoms with Crippen LogP contribution in [0.25, 0.3) is 0 Å². The summed E-state index contributed by atoms with van der Waals surface area (Å²) in [5.41, 5.74) is 8.92. The van der Waals surface area contributed by atoms with Gasteiger partial charge in [-0.3, -0.25) is 0 Å². The maximum atomic E-state index is 11.8. The minimum atomic E-state index is -0.372. The smallest absolute Gasteiger partial charge is 0.340 e. The molecule has 1 aliphatic rings. The van der Waals surface area contributed by atoms with Gasteiger partial charge in [0, 0.05) is 25.0 Å². The molecule has 0 atom stereocenters. The van der Waals surface area contributed by atoms with E-state index in [2.05, 4.69) is 11.9 Å². The monoisotopic (exact) mass is 290 g/mol. The first-order valence-electron chi connectivity index (χ1n) is 7.72. The van der Waals surface area contributed by atoms with E-state index in [1.807, 2.05) is 19.1 Å². The highest BCUT2D eigenvalue weighted by Gasteiger charge is 2.18. The Kier molecular flexibility index (Phi) is 5.10. The fraction of sp³-hybridized carbons (Fsp3) is 0.588. The van der Waals surface area contributed by atoms with Crippen LogP contribution in [-0.4, -0.2) is 26.7 Å². The molecule has 4 heteroatoms. The van der Waals surface area contributed by atoms with Gasteiger partial charge in [0.2, 0.25) is 0 Å². The first kappa shape index (κ1) is 15.7. The van der Waals surface area contributed by atoms with E-state index in [0.717, 1.165) is 23.7 Å². The Morgan fingerprint density at radius 2 is 2.00 bits per heavy atom. The molecule has 1 aromatic rings. The van der Waals surface area contributed by atoms with Gasteiger partial charge in [0.15, 0.2) is 0 Å². The van der Waals surface area contributed by atoms with Gasteiger partial charge in [0.25, 0.3) is 0 Å². The summed E-state index contributed by atoms with van der Waals surface area (Å²) in [5, 5.41) is 0. The zero-order valence-electron chi connectivity index (χ0n) is 13.3. The molecule has 0 bridgehead atoms. The van der Waals surface area contributed by atoms with Gasteiger partial charge >= 0.3 is 5.97 Å². The number of nitrogen functional groups attached to an aromatic ring is 1. The van der Waals surface area contributed by atoms with E-state index in [4.69, 9.17) is 10.5 Å². The number of nitrogens with zero attached hydrogens (tertiary/aromatic N) is 1. The van der Waals surface area contributed by atoms with Gasteiger partial charge in [-0.1, -0.05) is 19.3 Å². The average molecular weight is 290 g/mol. The molecule has 1 fully saturated rings. The van der Waals surface area contributed by atoms with E-state index >= 15 is 0 Å². The van der Waals surface area contributed by atoms with Crippen LogP contribution in [0.3, 0.4) is 0 Å². The highest BCUT2D eigenvalue weighted by Crippen LogP contribution is 2.29. The summed E-state index contributed by atoms with van der Waals surface area (Å²) in [4.78, 5) is 14.1. The first-order valence-corrected chi connectivity index (χ1v) is 7.72. The third-order valence-electron chi connectivity index (χ3n) is 4.47. The second kappa shape index (κ2) is 6.83. The van der Waals surface area contributed by atoms with Gasteiger partial charge in [-0.2, -0.15) is 0 Å². The molecule has 0 radical (unpaired) electrons. The summed E-state index contributed by atoms with van der Waals surface area (Å²) in [5.74, 6) is 0.381. The van der Waals surface area contributed by atoms with Gasteiger partial charge in [-0.05, 0) is 43.4 Å². The quantitative estimate of drug-likeness (QED) is 0.682. The van der Waals surface area contributed by atoms with Crippen molar-refractivity contribution in [3.8, 4) is 0 Å². The third kappa shape index (κ3) is 3.69. The molecule has 0 saturated heterocycles. The van der Waals surface area contributed by atoms with Crippen molar-refractivity contribution in [2.24, 2.45) is 5.92 Å². The zero-order valence-corrected chi connectivity index (χ0v) is 13.3. The number of rotatable bonds is 4. The minimum Gasteiger partial charge on any atom is -0.465 e. The predicted molar refractivity (Wildman–Crippen MR) is 86.8 cm³/mol. The predicted octanol–water partition coefficient (Wildman–Crippen LogP) is 3.38. The lowest BCUT2D eigenvalue weighted by atomic mass is 9.89. The van der Waals surface area contributed by atoms with E-state index in [9.17, 15) is 4.79 Å². The Morgan fingerprint density at radius 3 is 2.62 bits per heavy atom. The second-order valence-electron chi connectivity index (χ2n) is 6.10. The van der Waals surface area contributed by atoms with Gasteiger partial charge < -0.3 is 15.4 Å². The number of hydrogen-bond donors (Lipinski definition) is 1. The van der Waals surface area contributed by atoms with Crippen LogP contribution < -0.4 is 10.6 Å². The number of benzene rings is 1. The van der Waals surface area contributed by atoms with E-state index in [0.29, 0.717) is 11.3 Å². The van der Waals surface area contributed by atoms with Crippen LogP contribution in [0.15, 0.2) is 12.1 Å². The molecule has 2 rings (SSSR count). The molecular formula is C17H26N2O2. The zero-order chi connectivity index (χ0) is 15.4. The van der Waals surface area contributed by atoms with Crippen LogP contribution in [0.2, 0.25) is 0 Å². The molecule has 2 N–H and O–H groups in total. The lowest BCUT2D eigenvalue weighted by molar-refractivity contribution is 0.0602. The largest absolute Gasteiger partial charge is 0.465 e. The highest BCUT2D eigenvalue weighted by molar-refractivity contribution is 5.97. The Morgan fingerprint density at radius 1 is 1.33 bits per heavy atom. The molecule has 0 unspecified atom stereocenters. The number of nitrogens with two attached hydrogens (primary N) is 1. The van der Waals surface area contributed by atoms with E-state index in [-0.39, 0.29) is 5.97 Å². The van der Waals surface area contributed by atoms with Gasteiger partial charge in [0.05, 0.1) is 12.7 Å². The normalized spacial score (nSPS) is 15.8. The first-order chi connectivity index (χ1) is 10.0. The van der Waals surface area contributed by atoms with Crippen molar-refractivity contribution in [1.82, 2.24) is 0 Å². The molecular weight excluding hydrogens is 264 g/mol. The standard InChI is InChI=1S/C17H26N2O2/c1-12-9-14(10-15(16(12)18)17(20)21-3)19(2)11-13-7-5-4-6-8-13/h9-10,13H,4-8,11,18H2,1-3H3. The minimum absolute atomic E-state index is 0.372. The molecule has 1 aromatic carbocycles. The van der Waals surface area contributed by atoms with Crippen molar-refractivity contribution in [3.05, 3.63) is 23.3 Å². The van der Waals surface area contributed by atoms with Gasteiger partial charge in [-0.15, -0.1) is 0 Å². The summed E-state index contributed by atoms with van der Waals surface area (Å²) < 4.78 is 4.82. The molecule has 0 spiro atoms. The number of hydrogen-bond acceptors (Lipinski definition) is 4. The van der Waals surface area contributed by atoms with Crippen LogP contribution in [0.1, 0.15) is 48.0 Å². The maximum absolute atomic E-state index is 11.8. The number of esters is 1. The van der Waals surface area contributed by atoms with E-state index in [1.165, 1.54) is 39.2 Å². The number of aryl methyl sites for hydroxylation is 1. The molecule has 1 saturated carbocycles. The number of methoxy groups -OCH3 is 1. The van der Waals surface area contributed by atoms with Crippen LogP contribution in [-0.2, 0) is 4.74 Å². The molecule has 4 nitrogen and oxygen atoms in total. The summed E-state index contributed by atoms with van der Waals surface area (Å²) in [6.07, 6.45) is 6.66. The number of ether oxygens (including phenoxy) is 1. The topological polar surface area (TPSA) is 55.6 Å². The number of carbonyl (C=O) groups is 1. The Balaban J connectivity index is 2.18. The van der Waals surface area contributed by atoms with E-state index < -0.39 is 0 Å². The maximum Gasteiger partial charge on any atom is 0.340 e. The molecule has 0 heterocycles. The lowest BCUT2D eigenvalue weighted by Crippen LogP contribution is -2.27. The van der Waals surface area contributed by atoms with Gasteiger partial charge in [0.1, 0.15) is 0 Å². The third-order valence-corrected chi connectivity index (χ3v) is 4.47. The Bertz CT molecular complexity index is 508. The van der Waals surface area contributed by atoms with Crippen LogP contribution >= 0.6 is 0 Å². The van der Waals surface area contributed by atoms with Crippen LogP contribution in [0.4, 0.5) is 11.4 Å². The number of carbonyl (C=O) groups excluding carboxylic acids is 1. The molecule has 0 amide bonds. The number of anilines is 2. The summed E-state index contributed by atoms with van der Waals surface area (Å²) in [6.45, 7) is 2.96. The highest BCUT2D eigenvalue weighted by atomic mass is 16.5. The van der Waals surface area contributed by atoms with Crippen LogP contribution in [0, 0.1) is 12.8 Å². The van der Waals surface area contributed by atoms with E-state index in [1.54, 1.807) is 0 Å². The van der Waals surface area contributed by atoms with Crippen LogP contribution in [0.5, 0.6) is 0 Å². The van der Waals surface area contributed by atoms with Crippen molar-refractivity contribution in [1.29, 1.82) is 0 Å². The fourth-order valence-corrected chi connectivity index (χ4v) is 3.14. The Hall–Kier alpha value is -1.71. The lowest BCUT2D eigenvalue weighted by Gasteiger charge is -2.29. The molecule has 0 aliphatic heterocycles. The second-order valence-corrected chi connectivity index (χ2v) is 6.10. The SMILES string of the molecule is COC(=O)c1cc(N(C)CC2CCCCC2)cc(C)c1N. The Labute approximate surface area is 127 Å². The summed E-state index contributed by atoms with van der Waals surface area (Å²) >= 11 is 0. The van der Waals surface area contributed by atoms with Gasteiger partial charge in [-0.25, -0.2) is 4.79 Å². The van der Waals surface area contributed by atoms with Crippen molar-refractivity contribution in [2.75, 3.05) is 31.3 Å². The molecule has 0 aromatic heterocycles.